The molecule has 1 aliphatic carbocycles. The number of pyridine rings is 1. The molecular formula is C15H17N3OS. The average molecular weight is 287 g/mol. The Labute approximate surface area is 122 Å². The van der Waals surface area contributed by atoms with Crippen LogP contribution in [0.5, 0.6) is 0 Å². The van der Waals surface area contributed by atoms with Gasteiger partial charge in [0.25, 0.3) is 5.91 Å². The van der Waals surface area contributed by atoms with Gasteiger partial charge in [0.05, 0.1) is 12.2 Å². The van der Waals surface area contributed by atoms with Gasteiger partial charge < -0.3 is 10.6 Å². The second-order valence-corrected chi connectivity index (χ2v) is 6.02. The van der Waals surface area contributed by atoms with Crippen molar-refractivity contribution in [2.75, 3.05) is 0 Å². The lowest BCUT2D eigenvalue weighted by Gasteiger charge is -2.22. The lowest BCUT2D eigenvalue weighted by Crippen LogP contribution is -2.32. The largest absolute Gasteiger partial charge is 0.331 e. The third kappa shape index (κ3) is 2.89. The molecule has 2 N–H and O–H groups in total. The van der Waals surface area contributed by atoms with Crippen molar-refractivity contribution in [3.63, 3.8) is 0 Å². The molecule has 20 heavy (non-hydrogen) atoms. The number of nitrogens with zero attached hydrogens (tertiary/aromatic N) is 2. The Morgan fingerprint density at radius 3 is 2.95 bits per heavy atom. The topological polar surface area (TPSA) is 59.2 Å². The summed E-state index contributed by atoms with van der Waals surface area (Å²) in [4.78, 5) is 20.0. The molecule has 2 aromatic rings. The maximum Gasteiger partial charge on any atom is 0.254 e. The molecule has 0 radical (unpaired) electrons. The zero-order chi connectivity index (χ0) is 13.9. The van der Waals surface area contributed by atoms with Crippen LogP contribution in [0.25, 0.3) is 0 Å². The summed E-state index contributed by atoms with van der Waals surface area (Å²) >= 11 is 1.69. The summed E-state index contributed by atoms with van der Waals surface area (Å²) in [5.74, 6) is 0.0815. The predicted octanol–water partition coefficient (Wildman–Crippen LogP) is 2.41. The van der Waals surface area contributed by atoms with Gasteiger partial charge in [0, 0.05) is 29.2 Å². The Morgan fingerprint density at radius 1 is 1.45 bits per heavy atom. The fourth-order valence-electron chi connectivity index (χ4n) is 2.21. The summed E-state index contributed by atoms with van der Waals surface area (Å²) < 4.78 is 0. The van der Waals surface area contributed by atoms with Gasteiger partial charge in [-0.1, -0.05) is 6.07 Å². The Balaban J connectivity index is 1.81. The smallest absolute Gasteiger partial charge is 0.254 e. The van der Waals surface area contributed by atoms with Crippen LogP contribution in [0.3, 0.4) is 0 Å². The van der Waals surface area contributed by atoms with E-state index in [1.165, 1.54) is 4.88 Å². The highest BCUT2D eigenvalue weighted by atomic mass is 32.1. The molecule has 0 saturated heterocycles. The minimum Gasteiger partial charge on any atom is -0.331 e. The molecule has 0 atom stereocenters. The number of nitrogens with two attached hydrogens (primary N) is 1. The SMILES string of the molecule is NCc1cc(C(=O)N(Cc2cccs2)C2CC2)ccn1. The molecule has 1 fully saturated rings. The number of aromatic nitrogens is 1. The molecule has 0 unspecified atom stereocenters. The number of amides is 1. The maximum absolute atomic E-state index is 12.7. The molecule has 0 spiro atoms. The van der Waals surface area contributed by atoms with E-state index in [0.717, 1.165) is 18.5 Å². The Morgan fingerprint density at radius 2 is 2.30 bits per heavy atom. The molecule has 5 heteroatoms. The molecule has 0 aromatic carbocycles. The first-order valence-electron chi connectivity index (χ1n) is 6.76. The monoisotopic (exact) mass is 287 g/mol. The van der Waals surface area contributed by atoms with E-state index in [0.29, 0.717) is 24.7 Å². The summed E-state index contributed by atoms with van der Waals surface area (Å²) in [5, 5.41) is 2.05. The molecular weight excluding hydrogens is 270 g/mol. The zero-order valence-electron chi connectivity index (χ0n) is 11.2. The maximum atomic E-state index is 12.7. The van der Waals surface area contributed by atoms with Crippen LogP contribution >= 0.6 is 11.3 Å². The van der Waals surface area contributed by atoms with E-state index >= 15 is 0 Å². The summed E-state index contributed by atoms with van der Waals surface area (Å²) in [7, 11) is 0. The minimum absolute atomic E-state index is 0.0815. The van der Waals surface area contributed by atoms with Gasteiger partial charge in [0.15, 0.2) is 0 Å². The van der Waals surface area contributed by atoms with Crippen LogP contribution in [0.1, 0.15) is 33.8 Å². The van der Waals surface area contributed by atoms with Crippen molar-refractivity contribution in [1.29, 1.82) is 0 Å². The van der Waals surface area contributed by atoms with Crippen molar-refractivity contribution in [3.05, 3.63) is 52.0 Å². The third-order valence-electron chi connectivity index (χ3n) is 3.43. The molecule has 2 heterocycles. The fraction of sp³-hybridized carbons (Fsp3) is 0.333. The van der Waals surface area contributed by atoms with Gasteiger partial charge >= 0.3 is 0 Å². The summed E-state index contributed by atoms with van der Waals surface area (Å²) in [6.07, 6.45) is 3.86. The van der Waals surface area contributed by atoms with Gasteiger partial charge in [-0.15, -0.1) is 11.3 Å². The van der Waals surface area contributed by atoms with Crippen molar-refractivity contribution in [2.45, 2.75) is 32.0 Å². The Kier molecular flexibility index (Phi) is 3.80. The lowest BCUT2D eigenvalue weighted by molar-refractivity contribution is 0.0731. The quantitative estimate of drug-likeness (QED) is 0.918. The van der Waals surface area contributed by atoms with E-state index in [2.05, 4.69) is 11.1 Å². The molecule has 1 amide bonds. The van der Waals surface area contributed by atoms with Gasteiger partial charge in [0.1, 0.15) is 0 Å². The van der Waals surface area contributed by atoms with Gasteiger partial charge in [-0.2, -0.15) is 0 Å². The van der Waals surface area contributed by atoms with E-state index < -0.39 is 0 Å². The van der Waals surface area contributed by atoms with Crippen molar-refractivity contribution in [2.24, 2.45) is 5.73 Å². The number of carbonyl (C=O) groups excluding carboxylic acids is 1. The van der Waals surface area contributed by atoms with Crippen LogP contribution in [0, 0.1) is 0 Å². The normalized spacial score (nSPS) is 14.2. The molecule has 3 rings (SSSR count). The van der Waals surface area contributed by atoms with Crippen LogP contribution in [0.2, 0.25) is 0 Å². The second kappa shape index (κ2) is 5.73. The predicted molar refractivity (Wildman–Crippen MR) is 79.3 cm³/mol. The lowest BCUT2D eigenvalue weighted by atomic mass is 10.2. The highest BCUT2D eigenvalue weighted by Gasteiger charge is 2.33. The van der Waals surface area contributed by atoms with E-state index in [4.69, 9.17) is 5.73 Å². The van der Waals surface area contributed by atoms with Crippen LogP contribution in [-0.4, -0.2) is 21.8 Å². The second-order valence-electron chi connectivity index (χ2n) is 4.98. The van der Waals surface area contributed by atoms with E-state index in [-0.39, 0.29) is 5.91 Å². The number of hydrogen-bond donors (Lipinski definition) is 1. The third-order valence-corrected chi connectivity index (χ3v) is 4.29. The molecule has 0 bridgehead atoms. The highest BCUT2D eigenvalue weighted by Crippen LogP contribution is 2.30. The van der Waals surface area contributed by atoms with Crippen LogP contribution in [-0.2, 0) is 13.1 Å². The van der Waals surface area contributed by atoms with Gasteiger partial charge in [-0.05, 0) is 36.4 Å². The highest BCUT2D eigenvalue weighted by molar-refractivity contribution is 7.09. The number of rotatable bonds is 5. The molecule has 0 aliphatic heterocycles. The number of carbonyl (C=O) groups is 1. The Bertz CT molecular complexity index is 593. The summed E-state index contributed by atoms with van der Waals surface area (Å²) in [6, 6.07) is 8.05. The van der Waals surface area contributed by atoms with E-state index in [1.54, 1.807) is 29.7 Å². The van der Waals surface area contributed by atoms with Crippen molar-refractivity contribution in [1.82, 2.24) is 9.88 Å². The zero-order valence-corrected chi connectivity index (χ0v) is 12.0. The van der Waals surface area contributed by atoms with Crippen molar-refractivity contribution >= 4 is 17.2 Å². The summed E-state index contributed by atoms with van der Waals surface area (Å²) in [6.45, 7) is 1.05. The van der Waals surface area contributed by atoms with Crippen LogP contribution in [0.4, 0.5) is 0 Å². The first-order valence-corrected chi connectivity index (χ1v) is 7.64. The van der Waals surface area contributed by atoms with Gasteiger partial charge in [-0.25, -0.2) is 0 Å². The standard InChI is InChI=1S/C15H17N3OS/c16-9-12-8-11(5-6-17-12)15(19)18(13-3-4-13)10-14-2-1-7-20-14/h1-2,5-8,13H,3-4,9-10,16H2. The van der Waals surface area contributed by atoms with Gasteiger partial charge in [0.2, 0.25) is 0 Å². The molecule has 1 aliphatic rings. The van der Waals surface area contributed by atoms with E-state index in [9.17, 15) is 4.79 Å². The number of thiophene rings is 1. The molecule has 1 saturated carbocycles. The first kappa shape index (κ1) is 13.3. The van der Waals surface area contributed by atoms with E-state index in [1.807, 2.05) is 16.3 Å². The molecule has 2 aromatic heterocycles. The first-order chi connectivity index (χ1) is 9.78. The van der Waals surface area contributed by atoms with Gasteiger partial charge in [-0.3, -0.25) is 9.78 Å². The fourth-order valence-corrected chi connectivity index (χ4v) is 2.91. The Hall–Kier alpha value is -1.72. The number of hydrogen-bond acceptors (Lipinski definition) is 4. The summed E-state index contributed by atoms with van der Waals surface area (Å²) in [5.41, 5.74) is 7.03. The average Bonchev–Trinajstić information content (AvgIpc) is 3.20. The van der Waals surface area contributed by atoms with Crippen molar-refractivity contribution < 1.29 is 4.79 Å². The molecule has 4 nitrogen and oxygen atoms in total. The molecule has 104 valence electrons. The van der Waals surface area contributed by atoms with Crippen LogP contribution in [0.15, 0.2) is 35.8 Å². The minimum atomic E-state index is 0.0815. The van der Waals surface area contributed by atoms with Crippen LogP contribution < -0.4 is 5.73 Å². The van der Waals surface area contributed by atoms with Crippen molar-refractivity contribution in [3.8, 4) is 0 Å².